The molecule has 208 valence electrons. The molecule has 0 aliphatic carbocycles. The molecular weight excluding hydrogens is 548 g/mol. The zero-order chi connectivity index (χ0) is 28.9. The van der Waals surface area contributed by atoms with Gasteiger partial charge in [0, 0.05) is 10.6 Å². The van der Waals surface area contributed by atoms with Crippen LogP contribution < -0.4 is 20.6 Å². The van der Waals surface area contributed by atoms with Gasteiger partial charge < -0.3 is 15.2 Å². The van der Waals surface area contributed by atoms with Gasteiger partial charge in [-0.25, -0.2) is 10.1 Å². The van der Waals surface area contributed by atoms with Crippen LogP contribution in [-0.4, -0.2) is 44.5 Å². The van der Waals surface area contributed by atoms with Crippen LogP contribution in [0.2, 0.25) is 5.02 Å². The van der Waals surface area contributed by atoms with E-state index in [0.717, 1.165) is 26.4 Å². The fourth-order valence-corrected chi connectivity index (χ4v) is 4.26. The van der Waals surface area contributed by atoms with Gasteiger partial charge in [-0.2, -0.15) is 9.78 Å². The number of nitrogens with one attached hydrogen (secondary N) is 1. The van der Waals surface area contributed by atoms with E-state index in [1.54, 1.807) is 37.4 Å². The van der Waals surface area contributed by atoms with Gasteiger partial charge in [-0.1, -0.05) is 59.3 Å². The molecule has 3 aromatic carbocycles. The number of anilines is 1. The molecule has 0 aliphatic heterocycles. The van der Waals surface area contributed by atoms with E-state index in [1.807, 2.05) is 44.2 Å². The molecule has 12 nitrogen and oxygen atoms in total. The second kappa shape index (κ2) is 11.9. The van der Waals surface area contributed by atoms with Crippen molar-refractivity contribution in [3.63, 3.8) is 0 Å². The Morgan fingerprint density at radius 3 is 2.54 bits per heavy atom. The molecule has 2 aromatic heterocycles. The van der Waals surface area contributed by atoms with Gasteiger partial charge in [0.15, 0.2) is 17.2 Å². The number of methoxy groups -OCH3 is 1. The summed E-state index contributed by atoms with van der Waals surface area (Å²) in [5.74, 6) is 0.426. The molecule has 0 bridgehead atoms. The Morgan fingerprint density at radius 2 is 1.85 bits per heavy atom. The third-order valence-corrected chi connectivity index (χ3v) is 6.68. The molecule has 0 atom stereocenters. The fraction of sp³-hybridized carbons (Fsp3) is 0.143. The van der Waals surface area contributed by atoms with Crippen molar-refractivity contribution in [2.24, 2.45) is 5.10 Å². The summed E-state index contributed by atoms with van der Waals surface area (Å²) < 4.78 is 17.3. The van der Waals surface area contributed by atoms with E-state index in [-0.39, 0.29) is 17.3 Å². The minimum atomic E-state index is -0.606. The van der Waals surface area contributed by atoms with Gasteiger partial charge in [0.1, 0.15) is 12.3 Å². The van der Waals surface area contributed by atoms with Crippen LogP contribution in [0.15, 0.2) is 70.4 Å². The molecule has 1 amide bonds. The molecule has 0 saturated heterocycles. The normalized spacial score (nSPS) is 11.1. The minimum absolute atomic E-state index is 0.0248. The molecule has 2 heterocycles. The van der Waals surface area contributed by atoms with Crippen LogP contribution in [0.25, 0.3) is 17.1 Å². The minimum Gasteiger partial charge on any atom is -0.493 e. The van der Waals surface area contributed by atoms with Crippen LogP contribution in [0.5, 0.6) is 11.5 Å². The fourth-order valence-electron chi connectivity index (χ4n) is 4.15. The van der Waals surface area contributed by atoms with E-state index in [1.165, 1.54) is 6.21 Å². The summed E-state index contributed by atoms with van der Waals surface area (Å²) in [7, 11) is 1.56. The summed E-state index contributed by atoms with van der Waals surface area (Å²) in [6, 6.07) is 18.3. The highest BCUT2D eigenvalue weighted by molar-refractivity contribution is 6.32. The van der Waals surface area contributed by atoms with E-state index in [0.29, 0.717) is 34.9 Å². The summed E-state index contributed by atoms with van der Waals surface area (Å²) in [5.41, 5.74) is 12.9. The van der Waals surface area contributed by atoms with Crippen molar-refractivity contribution in [1.82, 2.24) is 30.7 Å². The van der Waals surface area contributed by atoms with Gasteiger partial charge >= 0.3 is 0 Å². The second-order valence-corrected chi connectivity index (χ2v) is 9.36. The predicted octanol–water partition coefficient (Wildman–Crippen LogP) is 4.52. The maximum absolute atomic E-state index is 13.3. The second-order valence-electron chi connectivity index (χ2n) is 8.98. The van der Waals surface area contributed by atoms with Crippen molar-refractivity contribution in [2.45, 2.75) is 20.5 Å². The number of aryl methyl sites for hydroxylation is 2. The molecule has 0 unspecified atom stereocenters. The standard InChI is InChI=1S/C28H25ClN8O4/c1-16-11-19(12-17(2)23(16)29)15-40-22-13-18(9-10-21(22)39-3)14-31-33-28(38)25-24(20-7-5-4-6-8-20)32-36-37(25)27-26(30)34-41-35-27/h4-14H,15H2,1-3H3,(H2,30,34)(H,33,38)/b31-14+. The average Bonchev–Trinajstić information content (AvgIpc) is 3.61. The summed E-state index contributed by atoms with van der Waals surface area (Å²) in [5, 5.41) is 20.4. The van der Waals surface area contributed by atoms with Crippen LogP contribution in [0.3, 0.4) is 0 Å². The van der Waals surface area contributed by atoms with Crippen molar-refractivity contribution in [1.29, 1.82) is 0 Å². The number of ether oxygens (including phenoxy) is 2. The van der Waals surface area contributed by atoms with Crippen molar-refractivity contribution < 1.29 is 18.9 Å². The molecule has 0 saturated carbocycles. The Hall–Kier alpha value is -5.23. The summed E-state index contributed by atoms with van der Waals surface area (Å²) in [6.07, 6.45) is 1.48. The number of nitrogen functional groups attached to an aromatic ring is 1. The number of nitrogens with two attached hydrogens (primary N) is 1. The maximum atomic E-state index is 13.3. The summed E-state index contributed by atoms with van der Waals surface area (Å²) in [6.45, 7) is 4.22. The first-order valence-electron chi connectivity index (χ1n) is 12.3. The van der Waals surface area contributed by atoms with E-state index < -0.39 is 5.91 Å². The number of carbonyl (C=O) groups excluding carboxylic acids is 1. The molecule has 0 spiro atoms. The topological polar surface area (TPSA) is 156 Å². The maximum Gasteiger partial charge on any atom is 0.292 e. The van der Waals surface area contributed by atoms with Gasteiger partial charge in [0.25, 0.3) is 5.91 Å². The first-order valence-corrected chi connectivity index (χ1v) is 12.7. The first-order chi connectivity index (χ1) is 19.9. The number of carbonyl (C=O) groups is 1. The number of nitrogens with zero attached hydrogens (tertiary/aromatic N) is 6. The number of aromatic nitrogens is 5. The van der Waals surface area contributed by atoms with Crippen LogP contribution in [0, 0.1) is 13.8 Å². The largest absolute Gasteiger partial charge is 0.493 e. The van der Waals surface area contributed by atoms with Gasteiger partial charge in [0.2, 0.25) is 11.6 Å². The van der Waals surface area contributed by atoms with E-state index >= 15 is 0 Å². The SMILES string of the molecule is COc1ccc(/C=N/NC(=O)c2c(-c3ccccc3)nnn2-c2nonc2N)cc1OCc1cc(C)c(Cl)c(C)c1. The Kier molecular flexibility index (Phi) is 7.92. The Labute approximate surface area is 239 Å². The van der Waals surface area contributed by atoms with Gasteiger partial charge in [0.05, 0.1) is 13.3 Å². The number of rotatable bonds is 9. The monoisotopic (exact) mass is 572 g/mol. The van der Waals surface area contributed by atoms with Crippen molar-refractivity contribution in [3.8, 4) is 28.6 Å². The molecule has 13 heteroatoms. The quantitative estimate of drug-likeness (QED) is 0.191. The Bertz CT molecular complexity index is 1710. The molecule has 3 N–H and O–H groups in total. The Morgan fingerprint density at radius 1 is 1.10 bits per heavy atom. The number of benzene rings is 3. The van der Waals surface area contributed by atoms with Gasteiger partial charge in [-0.05, 0) is 64.6 Å². The lowest BCUT2D eigenvalue weighted by molar-refractivity contribution is 0.0947. The predicted molar refractivity (Wildman–Crippen MR) is 152 cm³/mol. The van der Waals surface area contributed by atoms with Gasteiger partial charge in [-0.15, -0.1) is 5.10 Å². The van der Waals surface area contributed by atoms with E-state index in [4.69, 9.17) is 26.8 Å². The molecule has 0 aliphatic rings. The number of halogens is 1. The number of hydrogen-bond acceptors (Lipinski definition) is 10. The first kappa shape index (κ1) is 27.3. The van der Waals surface area contributed by atoms with E-state index in [2.05, 4.69) is 35.8 Å². The van der Waals surface area contributed by atoms with Crippen molar-refractivity contribution >= 4 is 29.5 Å². The zero-order valence-electron chi connectivity index (χ0n) is 22.3. The van der Waals surface area contributed by atoms with Gasteiger partial charge in [-0.3, -0.25) is 4.79 Å². The highest BCUT2D eigenvalue weighted by atomic mass is 35.5. The van der Waals surface area contributed by atoms with Crippen LogP contribution in [-0.2, 0) is 6.61 Å². The van der Waals surface area contributed by atoms with Crippen molar-refractivity contribution in [2.75, 3.05) is 12.8 Å². The average molecular weight is 573 g/mol. The van der Waals surface area contributed by atoms with Crippen molar-refractivity contribution in [3.05, 3.63) is 93.6 Å². The van der Waals surface area contributed by atoms with Crippen LogP contribution in [0.1, 0.15) is 32.7 Å². The third-order valence-electron chi connectivity index (χ3n) is 6.09. The lowest BCUT2D eigenvalue weighted by Crippen LogP contribution is -2.22. The zero-order valence-corrected chi connectivity index (χ0v) is 23.1. The number of amides is 1. The Balaban J connectivity index is 1.36. The molecule has 41 heavy (non-hydrogen) atoms. The highest BCUT2D eigenvalue weighted by Gasteiger charge is 2.25. The van der Waals surface area contributed by atoms with Crippen LogP contribution in [0.4, 0.5) is 5.82 Å². The highest BCUT2D eigenvalue weighted by Crippen LogP contribution is 2.30. The molecule has 0 fully saturated rings. The number of hydrazone groups is 1. The smallest absolute Gasteiger partial charge is 0.292 e. The summed E-state index contributed by atoms with van der Waals surface area (Å²) in [4.78, 5) is 13.3. The molecule has 5 rings (SSSR count). The number of hydrogen-bond donors (Lipinski definition) is 2. The lowest BCUT2D eigenvalue weighted by Gasteiger charge is -2.13. The van der Waals surface area contributed by atoms with Crippen LogP contribution >= 0.6 is 11.6 Å². The molecular formula is C28H25ClN8O4. The molecule has 5 aromatic rings. The lowest BCUT2D eigenvalue weighted by atomic mass is 10.1. The molecule has 0 radical (unpaired) electrons. The summed E-state index contributed by atoms with van der Waals surface area (Å²) >= 11 is 6.29. The van der Waals surface area contributed by atoms with E-state index in [9.17, 15) is 4.79 Å². The third kappa shape index (κ3) is 5.87.